The van der Waals surface area contributed by atoms with Gasteiger partial charge in [-0.1, -0.05) is 18.2 Å². The van der Waals surface area contributed by atoms with E-state index in [2.05, 4.69) is 0 Å². The smallest absolute Gasteiger partial charge is 0.254 e. The molecule has 1 atom stereocenters. The zero-order valence-electron chi connectivity index (χ0n) is 14.9. The first-order chi connectivity index (χ1) is 12.8. The van der Waals surface area contributed by atoms with Crippen LogP contribution in [-0.4, -0.2) is 37.7 Å². The number of nitrogens with zero attached hydrogens (tertiary/aromatic N) is 1. The van der Waals surface area contributed by atoms with Gasteiger partial charge in [0.05, 0.1) is 12.6 Å². The van der Waals surface area contributed by atoms with Gasteiger partial charge in [0.25, 0.3) is 5.91 Å². The zero-order chi connectivity index (χ0) is 17.9. The van der Waals surface area contributed by atoms with Gasteiger partial charge in [-0.2, -0.15) is 0 Å². The fraction of sp³-hybridized carbons (Fsp3) is 0.381. The lowest BCUT2D eigenvalue weighted by atomic mass is 10.0. The summed E-state index contributed by atoms with van der Waals surface area (Å²) in [6.07, 6.45) is 1.97. The highest BCUT2D eigenvalue weighted by molar-refractivity contribution is 5.94. The molecule has 2 aromatic carbocycles. The summed E-state index contributed by atoms with van der Waals surface area (Å²) in [5.41, 5.74) is 2.89. The Bertz CT molecular complexity index is 787. The summed E-state index contributed by atoms with van der Waals surface area (Å²) in [5, 5.41) is 0. The van der Waals surface area contributed by atoms with Gasteiger partial charge in [0, 0.05) is 19.2 Å². The van der Waals surface area contributed by atoms with Crippen LogP contribution in [0.2, 0.25) is 0 Å². The van der Waals surface area contributed by atoms with E-state index in [1.165, 1.54) is 0 Å². The van der Waals surface area contributed by atoms with Crippen LogP contribution < -0.4 is 9.47 Å². The molecule has 0 spiro atoms. The van der Waals surface area contributed by atoms with Gasteiger partial charge >= 0.3 is 0 Å². The van der Waals surface area contributed by atoms with E-state index in [1.54, 1.807) is 7.11 Å². The van der Waals surface area contributed by atoms with Crippen LogP contribution in [0.3, 0.4) is 0 Å². The van der Waals surface area contributed by atoms with Crippen molar-refractivity contribution in [1.82, 2.24) is 4.90 Å². The highest BCUT2D eigenvalue weighted by Crippen LogP contribution is 2.38. The summed E-state index contributed by atoms with van der Waals surface area (Å²) in [6.45, 7) is 2.48. The molecule has 1 fully saturated rings. The lowest BCUT2D eigenvalue weighted by Crippen LogP contribution is -2.30. The predicted octanol–water partition coefficient (Wildman–Crippen LogP) is 3.58. The largest absolute Gasteiger partial charge is 0.486 e. The first kappa shape index (κ1) is 16.9. The molecule has 136 valence electrons. The van der Waals surface area contributed by atoms with Crippen LogP contribution in [0, 0.1) is 0 Å². The number of hydrogen-bond acceptors (Lipinski definition) is 4. The second-order valence-electron chi connectivity index (χ2n) is 6.69. The first-order valence-corrected chi connectivity index (χ1v) is 9.04. The van der Waals surface area contributed by atoms with Gasteiger partial charge in [-0.15, -0.1) is 0 Å². The number of ether oxygens (including phenoxy) is 3. The molecule has 0 saturated carbocycles. The Balaban J connectivity index is 1.55. The fourth-order valence-corrected chi connectivity index (χ4v) is 3.70. The molecule has 0 unspecified atom stereocenters. The van der Waals surface area contributed by atoms with Crippen molar-refractivity contribution in [3.8, 4) is 11.5 Å². The Kier molecular flexibility index (Phi) is 4.80. The predicted molar refractivity (Wildman–Crippen MR) is 97.6 cm³/mol. The summed E-state index contributed by atoms with van der Waals surface area (Å²) in [6, 6.07) is 13.8. The van der Waals surface area contributed by atoms with Crippen molar-refractivity contribution in [1.29, 1.82) is 0 Å². The molecule has 4 rings (SSSR count). The highest BCUT2D eigenvalue weighted by Gasteiger charge is 2.31. The van der Waals surface area contributed by atoms with E-state index < -0.39 is 0 Å². The van der Waals surface area contributed by atoms with Crippen LogP contribution in [0.25, 0.3) is 0 Å². The Morgan fingerprint density at radius 1 is 1.12 bits per heavy atom. The number of benzene rings is 2. The van der Waals surface area contributed by atoms with Crippen molar-refractivity contribution in [3.63, 3.8) is 0 Å². The molecule has 0 bridgehead atoms. The monoisotopic (exact) mass is 353 g/mol. The van der Waals surface area contributed by atoms with Crippen molar-refractivity contribution in [2.45, 2.75) is 25.5 Å². The molecule has 1 amide bonds. The Hall–Kier alpha value is -2.53. The Morgan fingerprint density at radius 2 is 1.88 bits per heavy atom. The van der Waals surface area contributed by atoms with Gasteiger partial charge in [-0.3, -0.25) is 4.79 Å². The quantitative estimate of drug-likeness (QED) is 0.843. The third kappa shape index (κ3) is 3.27. The number of carbonyl (C=O) groups is 1. The molecule has 0 aliphatic carbocycles. The van der Waals surface area contributed by atoms with Crippen molar-refractivity contribution < 1.29 is 19.0 Å². The maximum absolute atomic E-state index is 13.0. The zero-order valence-corrected chi connectivity index (χ0v) is 14.9. The van der Waals surface area contributed by atoms with E-state index in [1.807, 2.05) is 47.4 Å². The average Bonchev–Trinajstić information content (AvgIpc) is 3.18. The Morgan fingerprint density at radius 3 is 2.65 bits per heavy atom. The molecule has 26 heavy (non-hydrogen) atoms. The van der Waals surface area contributed by atoms with E-state index in [0.29, 0.717) is 25.4 Å². The molecule has 5 nitrogen and oxygen atoms in total. The van der Waals surface area contributed by atoms with Gasteiger partial charge in [0.1, 0.15) is 13.2 Å². The average molecular weight is 353 g/mol. The maximum Gasteiger partial charge on any atom is 0.254 e. The van der Waals surface area contributed by atoms with Crippen LogP contribution in [0.4, 0.5) is 0 Å². The third-order valence-electron chi connectivity index (χ3n) is 4.98. The fourth-order valence-electron chi connectivity index (χ4n) is 3.70. The number of carbonyl (C=O) groups excluding carboxylic acids is 1. The summed E-state index contributed by atoms with van der Waals surface area (Å²) in [5.74, 6) is 1.63. The summed E-state index contributed by atoms with van der Waals surface area (Å²) >= 11 is 0. The Labute approximate surface area is 153 Å². The molecular weight excluding hydrogens is 330 g/mol. The molecule has 1 saturated heterocycles. The second-order valence-corrected chi connectivity index (χ2v) is 6.69. The third-order valence-corrected chi connectivity index (χ3v) is 4.98. The molecule has 2 aliphatic rings. The van der Waals surface area contributed by atoms with E-state index in [9.17, 15) is 4.79 Å². The minimum Gasteiger partial charge on any atom is -0.486 e. The number of fused-ring (bicyclic) bond motifs is 1. The van der Waals surface area contributed by atoms with Gasteiger partial charge in [-0.25, -0.2) is 0 Å². The van der Waals surface area contributed by atoms with Gasteiger partial charge in [0.2, 0.25) is 0 Å². The summed E-state index contributed by atoms with van der Waals surface area (Å²) in [4.78, 5) is 15.0. The summed E-state index contributed by atoms with van der Waals surface area (Å²) in [7, 11) is 1.67. The van der Waals surface area contributed by atoms with Crippen LogP contribution in [-0.2, 0) is 11.3 Å². The molecule has 0 N–H and O–H groups in total. The van der Waals surface area contributed by atoms with Gasteiger partial charge in [-0.05, 0) is 48.2 Å². The standard InChI is InChI=1S/C21H23NO4/c1-24-14-15-4-6-16(7-5-15)21(23)22-10-2-3-18(22)17-8-9-19-20(13-17)26-12-11-25-19/h4-9,13,18H,2-3,10-12,14H2,1H3/t18-/m0/s1. The lowest BCUT2D eigenvalue weighted by Gasteiger charge is -2.27. The molecule has 2 heterocycles. The van der Waals surface area contributed by atoms with E-state index >= 15 is 0 Å². The molecule has 2 aromatic rings. The van der Waals surface area contributed by atoms with E-state index in [0.717, 1.165) is 42.0 Å². The molecule has 0 aromatic heterocycles. The van der Waals surface area contributed by atoms with Crippen molar-refractivity contribution in [2.75, 3.05) is 26.9 Å². The first-order valence-electron chi connectivity index (χ1n) is 9.04. The minimum atomic E-state index is 0.0753. The lowest BCUT2D eigenvalue weighted by molar-refractivity contribution is 0.0735. The molecule has 2 aliphatic heterocycles. The topological polar surface area (TPSA) is 48.0 Å². The maximum atomic E-state index is 13.0. The van der Waals surface area contributed by atoms with E-state index in [4.69, 9.17) is 14.2 Å². The number of likely N-dealkylation sites (tertiary alicyclic amines) is 1. The van der Waals surface area contributed by atoms with Crippen LogP contribution in [0.5, 0.6) is 11.5 Å². The molecular formula is C21H23NO4. The summed E-state index contributed by atoms with van der Waals surface area (Å²) < 4.78 is 16.4. The normalized spacial score (nSPS) is 18.8. The number of rotatable bonds is 4. The molecule has 0 radical (unpaired) electrons. The van der Waals surface area contributed by atoms with Crippen LogP contribution in [0.1, 0.15) is 40.4 Å². The second kappa shape index (κ2) is 7.38. The minimum absolute atomic E-state index is 0.0753. The van der Waals surface area contributed by atoms with Crippen LogP contribution >= 0.6 is 0 Å². The SMILES string of the molecule is COCc1ccc(C(=O)N2CCC[C@H]2c2ccc3c(c2)OCCO3)cc1. The van der Waals surface area contributed by atoms with E-state index in [-0.39, 0.29) is 11.9 Å². The molecule has 5 heteroatoms. The van der Waals surface area contributed by atoms with Crippen molar-refractivity contribution in [2.24, 2.45) is 0 Å². The number of amides is 1. The van der Waals surface area contributed by atoms with Crippen molar-refractivity contribution in [3.05, 3.63) is 59.2 Å². The van der Waals surface area contributed by atoms with Crippen LogP contribution in [0.15, 0.2) is 42.5 Å². The highest BCUT2D eigenvalue weighted by atomic mass is 16.6. The van der Waals surface area contributed by atoms with Gasteiger partial charge < -0.3 is 19.1 Å². The van der Waals surface area contributed by atoms with Crippen molar-refractivity contribution >= 4 is 5.91 Å². The van der Waals surface area contributed by atoms with Gasteiger partial charge in [0.15, 0.2) is 11.5 Å². The number of hydrogen-bond donors (Lipinski definition) is 0. The number of methoxy groups -OCH3 is 1.